The van der Waals surface area contributed by atoms with Gasteiger partial charge in [-0.25, -0.2) is 18.1 Å². The van der Waals surface area contributed by atoms with E-state index in [0.717, 1.165) is 27.6 Å². The molecule has 1 heterocycles. The van der Waals surface area contributed by atoms with Crippen LogP contribution in [0.15, 0.2) is 58.8 Å². The number of sulfonamides is 1. The molecule has 26 heavy (non-hydrogen) atoms. The summed E-state index contributed by atoms with van der Waals surface area (Å²) in [6.07, 6.45) is 0.539. The number of hydrogen-bond acceptors (Lipinski definition) is 5. The first kappa shape index (κ1) is 18.6. The summed E-state index contributed by atoms with van der Waals surface area (Å²) < 4.78 is 32.6. The van der Waals surface area contributed by atoms with Gasteiger partial charge in [-0.05, 0) is 42.8 Å². The van der Waals surface area contributed by atoms with E-state index in [1.807, 2.05) is 35.7 Å². The second-order valence-corrected chi connectivity index (χ2v) is 8.38. The molecular formula is C19H20N2O3S2. The van der Waals surface area contributed by atoms with Gasteiger partial charge in [0.1, 0.15) is 10.8 Å². The Balaban J connectivity index is 1.62. The average molecular weight is 389 g/mol. The fourth-order valence-corrected chi connectivity index (χ4v) is 4.67. The molecule has 0 aliphatic carbocycles. The van der Waals surface area contributed by atoms with E-state index in [1.165, 1.54) is 0 Å². The summed E-state index contributed by atoms with van der Waals surface area (Å²) in [5.41, 5.74) is 2.62. The molecule has 0 radical (unpaired) electrons. The van der Waals surface area contributed by atoms with Gasteiger partial charge in [0.05, 0.1) is 17.7 Å². The molecular weight excluding hydrogens is 368 g/mol. The fraction of sp³-hybridized carbons (Fsp3) is 0.211. The lowest BCUT2D eigenvalue weighted by Gasteiger charge is -2.08. The van der Waals surface area contributed by atoms with Gasteiger partial charge in [0, 0.05) is 23.9 Å². The van der Waals surface area contributed by atoms with E-state index < -0.39 is 10.0 Å². The second kappa shape index (κ2) is 7.99. The molecule has 1 N–H and O–H groups in total. The van der Waals surface area contributed by atoms with Crippen LogP contribution in [0.2, 0.25) is 0 Å². The smallest absolute Gasteiger partial charge is 0.240 e. The van der Waals surface area contributed by atoms with Crippen molar-refractivity contribution >= 4 is 21.4 Å². The SMILES string of the molecule is COc1ccc(-c2nc(CCNS(=O)(=O)c3ccccc3C)cs2)cc1. The molecule has 0 spiro atoms. The number of thiazole rings is 1. The molecule has 0 atom stereocenters. The molecule has 0 unspecified atom stereocenters. The molecule has 1 aromatic heterocycles. The Morgan fingerprint density at radius 1 is 1.12 bits per heavy atom. The number of nitrogens with zero attached hydrogens (tertiary/aromatic N) is 1. The van der Waals surface area contributed by atoms with Gasteiger partial charge in [-0.2, -0.15) is 0 Å². The Kier molecular flexibility index (Phi) is 5.70. The van der Waals surface area contributed by atoms with Gasteiger partial charge in [0.2, 0.25) is 10.0 Å². The quantitative estimate of drug-likeness (QED) is 0.671. The maximum Gasteiger partial charge on any atom is 0.240 e. The van der Waals surface area contributed by atoms with Crippen molar-refractivity contribution in [1.29, 1.82) is 0 Å². The van der Waals surface area contributed by atoms with E-state index in [9.17, 15) is 8.42 Å². The van der Waals surface area contributed by atoms with Gasteiger partial charge >= 0.3 is 0 Å². The summed E-state index contributed by atoms with van der Waals surface area (Å²) in [7, 11) is -1.87. The van der Waals surface area contributed by atoms with Crippen LogP contribution in [-0.2, 0) is 16.4 Å². The summed E-state index contributed by atoms with van der Waals surface area (Å²) in [5, 5.41) is 2.87. The Bertz CT molecular complexity index is 980. The summed E-state index contributed by atoms with van der Waals surface area (Å²) in [5.74, 6) is 0.802. The highest BCUT2D eigenvalue weighted by atomic mass is 32.2. The fourth-order valence-electron chi connectivity index (χ4n) is 2.54. The molecule has 2 aromatic carbocycles. The van der Waals surface area contributed by atoms with E-state index >= 15 is 0 Å². The third-order valence-electron chi connectivity index (χ3n) is 3.95. The number of aromatic nitrogens is 1. The van der Waals surface area contributed by atoms with Crippen molar-refractivity contribution in [2.45, 2.75) is 18.2 Å². The summed E-state index contributed by atoms with van der Waals surface area (Å²) in [6, 6.07) is 14.7. The maximum atomic E-state index is 12.4. The highest BCUT2D eigenvalue weighted by Crippen LogP contribution is 2.25. The largest absolute Gasteiger partial charge is 0.497 e. The molecule has 3 aromatic rings. The zero-order valence-electron chi connectivity index (χ0n) is 14.6. The van der Waals surface area contributed by atoms with Crippen LogP contribution in [0.4, 0.5) is 0 Å². The van der Waals surface area contributed by atoms with Crippen LogP contribution in [0.25, 0.3) is 10.6 Å². The number of benzene rings is 2. The number of rotatable bonds is 7. The van der Waals surface area contributed by atoms with Crippen molar-refractivity contribution in [2.75, 3.05) is 13.7 Å². The predicted molar refractivity (Wildman–Crippen MR) is 104 cm³/mol. The van der Waals surface area contributed by atoms with Crippen molar-refractivity contribution in [3.05, 3.63) is 65.2 Å². The standard InChI is InChI=1S/C19H20N2O3S2/c1-14-5-3-4-6-18(14)26(22,23)20-12-11-16-13-25-19(21-16)15-7-9-17(24-2)10-8-15/h3-10,13,20H,11-12H2,1-2H3. The normalized spacial score (nSPS) is 11.5. The highest BCUT2D eigenvalue weighted by molar-refractivity contribution is 7.89. The molecule has 0 saturated carbocycles. The topological polar surface area (TPSA) is 68.3 Å². The average Bonchev–Trinajstić information content (AvgIpc) is 3.11. The Labute approximate surface area is 157 Å². The van der Waals surface area contributed by atoms with Gasteiger partial charge < -0.3 is 4.74 Å². The lowest BCUT2D eigenvalue weighted by atomic mass is 10.2. The van der Waals surface area contributed by atoms with Crippen molar-refractivity contribution in [3.8, 4) is 16.3 Å². The van der Waals surface area contributed by atoms with Gasteiger partial charge in [-0.15, -0.1) is 11.3 Å². The molecule has 0 aliphatic heterocycles. The van der Waals surface area contributed by atoms with Crippen molar-refractivity contribution < 1.29 is 13.2 Å². The van der Waals surface area contributed by atoms with Crippen molar-refractivity contribution in [1.82, 2.24) is 9.71 Å². The molecule has 3 rings (SSSR count). The second-order valence-electron chi connectivity index (χ2n) is 5.79. The summed E-state index contributed by atoms with van der Waals surface area (Å²) in [6.45, 7) is 2.10. The van der Waals surface area contributed by atoms with Crippen LogP contribution in [0, 0.1) is 6.92 Å². The van der Waals surface area contributed by atoms with Crippen LogP contribution >= 0.6 is 11.3 Å². The number of hydrogen-bond donors (Lipinski definition) is 1. The minimum absolute atomic E-state index is 0.308. The van der Waals surface area contributed by atoms with Crippen molar-refractivity contribution in [2.24, 2.45) is 0 Å². The number of ether oxygens (including phenoxy) is 1. The monoisotopic (exact) mass is 388 g/mol. The highest BCUT2D eigenvalue weighted by Gasteiger charge is 2.15. The summed E-state index contributed by atoms with van der Waals surface area (Å²) >= 11 is 1.54. The zero-order valence-corrected chi connectivity index (χ0v) is 16.2. The first-order valence-electron chi connectivity index (χ1n) is 8.14. The molecule has 0 saturated heterocycles. The third-order valence-corrected chi connectivity index (χ3v) is 6.51. The van der Waals surface area contributed by atoms with Crippen LogP contribution in [0.1, 0.15) is 11.3 Å². The number of aryl methyl sites for hydroxylation is 1. The Morgan fingerprint density at radius 3 is 2.54 bits per heavy atom. The molecule has 7 heteroatoms. The van der Waals surface area contributed by atoms with Crippen LogP contribution in [0.3, 0.4) is 0 Å². The van der Waals surface area contributed by atoms with E-state index in [1.54, 1.807) is 43.6 Å². The number of nitrogens with one attached hydrogen (secondary N) is 1. The predicted octanol–water partition coefficient (Wildman–Crippen LogP) is 3.65. The lowest BCUT2D eigenvalue weighted by molar-refractivity contribution is 0.415. The molecule has 0 fully saturated rings. The van der Waals surface area contributed by atoms with Crippen LogP contribution in [-0.4, -0.2) is 27.1 Å². The molecule has 0 amide bonds. The first-order chi connectivity index (χ1) is 12.5. The lowest BCUT2D eigenvalue weighted by Crippen LogP contribution is -2.26. The maximum absolute atomic E-state index is 12.4. The Hall–Kier alpha value is -2.22. The van der Waals surface area contributed by atoms with Gasteiger partial charge in [-0.3, -0.25) is 0 Å². The van der Waals surface area contributed by atoms with Crippen LogP contribution < -0.4 is 9.46 Å². The van der Waals surface area contributed by atoms with Crippen molar-refractivity contribution in [3.63, 3.8) is 0 Å². The Morgan fingerprint density at radius 2 is 1.85 bits per heavy atom. The van der Waals surface area contributed by atoms with Gasteiger partial charge in [-0.1, -0.05) is 18.2 Å². The first-order valence-corrected chi connectivity index (χ1v) is 10.5. The van der Waals surface area contributed by atoms with Gasteiger partial charge in [0.25, 0.3) is 0 Å². The zero-order chi connectivity index (χ0) is 18.6. The molecule has 0 aliphatic rings. The van der Waals surface area contributed by atoms with E-state index in [2.05, 4.69) is 9.71 Å². The van der Waals surface area contributed by atoms with Crippen LogP contribution in [0.5, 0.6) is 5.75 Å². The molecule has 0 bridgehead atoms. The summed E-state index contributed by atoms with van der Waals surface area (Å²) in [4.78, 5) is 4.91. The van der Waals surface area contributed by atoms with E-state index in [-0.39, 0.29) is 0 Å². The van der Waals surface area contributed by atoms with Gasteiger partial charge in [0.15, 0.2) is 0 Å². The minimum atomic E-state index is -3.50. The molecule has 136 valence electrons. The van der Waals surface area contributed by atoms with E-state index in [4.69, 9.17) is 4.74 Å². The number of methoxy groups -OCH3 is 1. The van der Waals surface area contributed by atoms with E-state index in [0.29, 0.717) is 17.9 Å². The third kappa shape index (κ3) is 4.30. The molecule has 5 nitrogen and oxygen atoms in total. The minimum Gasteiger partial charge on any atom is -0.497 e.